The SMILES string of the molecule is CCOP(=S)(OC)Oc1cc(Cl)c(Cl)cc1Cl.COP(=O)(OC)C(O)C(Cl)(Cl)Cl. The van der Waals surface area contributed by atoms with E-state index in [1.165, 1.54) is 19.2 Å². The number of aliphatic hydroxyl groups is 1. The number of halogens is 6. The Labute approximate surface area is 204 Å². The van der Waals surface area contributed by atoms with Crippen LogP contribution in [-0.4, -0.2) is 42.7 Å². The summed E-state index contributed by atoms with van der Waals surface area (Å²) in [6.45, 7) is -0.666. The molecule has 1 aromatic carbocycles. The maximum atomic E-state index is 11.3. The van der Waals surface area contributed by atoms with Crippen LogP contribution >= 0.6 is 83.9 Å². The van der Waals surface area contributed by atoms with Gasteiger partial charge in [-0.15, -0.1) is 0 Å². The van der Waals surface area contributed by atoms with Gasteiger partial charge in [0.2, 0.25) is 9.64 Å². The van der Waals surface area contributed by atoms with Gasteiger partial charge in [0.1, 0.15) is 5.75 Å². The normalized spacial score (nSPS) is 15.1. The van der Waals surface area contributed by atoms with Crippen molar-refractivity contribution in [2.45, 2.75) is 16.6 Å². The molecule has 1 N–H and O–H groups in total. The highest BCUT2D eigenvalue weighted by molar-refractivity contribution is 8.07. The van der Waals surface area contributed by atoms with Gasteiger partial charge >= 0.3 is 14.3 Å². The molecule has 2 unspecified atom stereocenters. The second-order valence-electron chi connectivity index (χ2n) is 4.66. The maximum absolute atomic E-state index is 11.3. The molecule has 0 saturated heterocycles. The van der Waals surface area contributed by atoms with Crippen LogP contribution in [0.3, 0.4) is 0 Å². The smallest absolute Gasteiger partial charge is 0.380 e. The molecule has 0 aromatic heterocycles. The summed E-state index contributed by atoms with van der Waals surface area (Å²) >= 11 is 38.6. The number of hydrogen-bond donors (Lipinski definition) is 1. The summed E-state index contributed by atoms with van der Waals surface area (Å²) in [5.41, 5.74) is 0. The highest BCUT2D eigenvalue weighted by atomic mass is 35.6. The van der Waals surface area contributed by atoms with Crippen molar-refractivity contribution in [1.29, 1.82) is 0 Å². The van der Waals surface area contributed by atoms with Gasteiger partial charge in [0.15, 0.2) is 0 Å². The zero-order valence-corrected chi connectivity index (χ0v) is 22.5. The van der Waals surface area contributed by atoms with Crippen molar-refractivity contribution in [1.82, 2.24) is 0 Å². The minimum atomic E-state index is -3.73. The van der Waals surface area contributed by atoms with E-state index in [1.54, 1.807) is 6.92 Å². The first-order valence-electron chi connectivity index (χ1n) is 7.30. The van der Waals surface area contributed by atoms with Crippen LogP contribution in [0.4, 0.5) is 0 Å². The van der Waals surface area contributed by atoms with Crippen molar-refractivity contribution in [3.05, 3.63) is 27.2 Å². The molecule has 0 bridgehead atoms. The lowest BCUT2D eigenvalue weighted by Crippen LogP contribution is -2.26. The van der Waals surface area contributed by atoms with Gasteiger partial charge in [-0.1, -0.05) is 69.6 Å². The Morgan fingerprint density at radius 2 is 1.52 bits per heavy atom. The standard InChI is InChI=1S/C9H10Cl3O3PS.C4H8Cl3O4P/c1-3-14-16(17,13-2)15-9-5-7(11)6(10)4-8(9)12;1-10-12(9,11-2)3(8)4(5,6)7/h4-5H,3H2,1-2H3;3,8H,1-2H3. The molecule has 2 atom stereocenters. The predicted molar refractivity (Wildman–Crippen MR) is 123 cm³/mol. The van der Waals surface area contributed by atoms with Crippen molar-refractivity contribution in [3.63, 3.8) is 0 Å². The van der Waals surface area contributed by atoms with Crippen LogP contribution in [0.25, 0.3) is 0 Å². The van der Waals surface area contributed by atoms with Crippen LogP contribution < -0.4 is 4.52 Å². The zero-order chi connectivity index (χ0) is 23.0. The van der Waals surface area contributed by atoms with E-state index in [1.807, 2.05) is 0 Å². The van der Waals surface area contributed by atoms with E-state index in [9.17, 15) is 9.67 Å². The lowest BCUT2D eigenvalue weighted by molar-refractivity contribution is 0.176. The molecule has 0 spiro atoms. The highest BCUT2D eigenvalue weighted by Gasteiger charge is 2.46. The Morgan fingerprint density at radius 3 is 1.86 bits per heavy atom. The van der Waals surface area contributed by atoms with Crippen LogP contribution in [-0.2, 0) is 34.5 Å². The largest absolute Gasteiger partial charge is 0.422 e. The van der Waals surface area contributed by atoms with E-state index in [4.69, 9.17) is 95.0 Å². The molecule has 0 aliphatic carbocycles. The Bertz CT molecular complexity index is 756. The zero-order valence-electron chi connectivity index (χ0n) is 15.4. The second kappa shape index (κ2) is 13.2. The Hall–Kier alpha value is 1.44. The molecule has 0 aliphatic rings. The van der Waals surface area contributed by atoms with Gasteiger partial charge in [-0.3, -0.25) is 9.09 Å². The molecule has 7 nitrogen and oxygen atoms in total. The fraction of sp³-hybridized carbons (Fsp3) is 0.538. The summed E-state index contributed by atoms with van der Waals surface area (Å²) in [5, 5.41) is 10.2. The Kier molecular flexibility index (Phi) is 13.9. The lowest BCUT2D eigenvalue weighted by Gasteiger charge is -2.24. The van der Waals surface area contributed by atoms with E-state index in [0.717, 1.165) is 14.2 Å². The van der Waals surface area contributed by atoms with Gasteiger partial charge < -0.3 is 23.2 Å². The number of aliphatic hydroxyl groups excluding tert-OH is 1. The number of hydrogen-bond acceptors (Lipinski definition) is 8. The van der Waals surface area contributed by atoms with E-state index >= 15 is 0 Å². The maximum Gasteiger partial charge on any atom is 0.380 e. The van der Waals surface area contributed by atoms with Crippen LogP contribution in [0, 0.1) is 0 Å². The van der Waals surface area contributed by atoms with E-state index < -0.39 is 24.0 Å². The first kappa shape index (κ1) is 30.4. The molecule has 1 rings (SSSR count). The Morgan fingerprint density at radius 1 is 1.03 bits per heavy atom. The fourth-order valence-corrected chi connectivity index (χ4v) is 5.53. The van der Waals surface area contributed by atoms with E-state index in [2.05, 4.69) is 9.05 Å². The number of alkyl halides is 3. The fourth-order valence-electron chi connectivity index (χ4n) is 1.42. The topological polar surface area (TPSA) is 83.5 Å². The minimum absolute atomic E-state index is 0.291. The van der Waals surface area contributed by atoms with Crippen molar-refractivity contribution in [3.8, 4) is 5.75 Å². The first-order valence-corrected chi connectivity index (χ1v) is 13.7. The highest BCUT2D eigenvalue weighted by Crippen LogP contribution is 2.57. The van der Waals surface area contributed by atoms with Gasteiger partial charge in [0, 0.05) is 39.2 Å². The summed E-state index contributed by atoms with van der Waals surface area (Å²) in [7, 11) is -0.141. The molecule has 29 heavy (non-hydrogen) atoms. The number of benzene rings is 1. The average Bonchev–Trinajstić information content (AvgIpc) is 2.65. The van der Waals surface area contributed by atoms with Crippen LogP contribution in [0.5, 0.6) is 5.75 Å². The third kappa shape index (κ3) is 9.85. The molecule has 170 valence electrons. The van der Waals surface area contributed by atoms with Crippen molar-refractivity contribution in [2.24, 2.45) is 0 Å². The van der Waals surface area contributed by atoms with Gasteiger partial charge in [0.05, 0.1) is 21.7 Å². The predicted octanol–water partition coefficient (Wildman–Crippen LogP) is 7.09. The van der Waals surface area contributed by atoms with Crippen molar-refractivity contribution < 1.29 is 32.3 Å². The summed E-state index contributed by atoms with van der Waals surface area (Å²) in [4.78, 5) is 0. The van der Waals surface area contributed by atoms with Gasteiger partial charge in [0.25, 0.3) is 0 Å². The summed E-state index contributed by atoms with van der Waals surface area (Å²) < 4.78 is 33.8. The molecule has 0 amide bonds. The molecule has 16 heteroatoms. The quantitative estimate of drug-likeness (QED) is 0.195. The van der Waals surface area contributed by atoms with Crippen LogP contribution in [0.1, 0.15) is 6.92 Å². The summed E-state index contributed by atoms with van der Waals surface area (Å²) in [6.07, 6.45) is 0. The first-order chi connectivity index (χ1) is 13.2. The van der Waals surface area contributed by atoms with Gasteiger partial charge in [-0.25, -0.2) is 0 Å². The third-order valence-electron chi connectivity index (χ3n) is 2.80. The molecule has 0 heterocycles. The monoisotopic (exact) mass is 590 g/mol. The van der Waals surface area contributed by atoms with Crippen LogP contribution in [0.15, 0.2) is 12.1 Å². The molecule has 1 aromatic rings. The average molecular weight is 593 g/mol. The minimum Gasteiger partial charge on any atom is -0.422 e. The molecule has 0 fully saturated rings. The summed E-state index contributed by atoms with van der Waals surface area (Å²) in [5.74, 6) is -1.51. The van der Waals surface area contributed by atoms with E-state index in [-0.39, 0.29) is 0 Å². The summed E-state index contributed by atoms with van der Waals surface area (Å²) in [6, 6.07) is 2.95. The third-order valence-corrected chi connectivity index (χ3v) is 9.32. The lowest BCUT2D eigenvalue weighted by atomic mass is 10.3. The molecular weight excluding hydrogens is 575 g/mol. The van der Waals surface area contributed by atoms with Crippen molar-refractivity contribution in [2.75, 3.05) is 27.9 Å². The van der Waals surface area contributed by atoms with Crippen molar-refractivity contribution >= 4 is 95.7 Å². The van der Waals surface area contributed by atoms with Gasteiger partial charge in [-0.05, 0) is 13.0 Å². The Balaban J connectivity index is 0.000000578. The van der Waals surface area contributed by atoms with E-state index in [0.29, 0.717) is 27.4 Å². The molecule has 0 radical (unpaired) electrons. The molecule has 0 saturated carbocycles. The van der Waals surface area contributed by atoms with Gasteiger partial charge in [-0.2, -0.15) is 0 Å². The van der Waals surface area contributed by atoms with Crippen LogP contribution in [0.2, 0.25) is 15.1 Å². The molecular formula is C13H18Cl6O7P2S. The number of rotatable bonds is 8. The second-order valence-corrected chi connectivity index (χ2v) is 13.6. The molecule has 0 aliphatic heterocycles.